The molecule has 18 heteroatoms. The van der Waals surface area contributed by atoms with E-state index in [0.717, 1.165) is 0 Å². The number of azo groups is 2. The van der Waals surface area contributed by atoms with Crippen molar-refractivity contribution in [3.8, 4) is 22.6 Å². The van der Waals surface area contributed by atoms with E-state index >= 15 is 0 Å². The predicted octanol–water partition coefficient (Wildman–Crippen LogP) is 7.33. The Labute approximate surface area is 296 Å². The Morgan fingerprint density at radius 2 is 0.846 bits per heavy atom. The monoisotopic (exact) mass is 742 g/mol. The molecule has 0 aliphatic carbocycles. The molecule has 0 radical (unpaired) electrons. The van der Waals surface area contributed by atoms with Crippen LogP contribution >= 0.6 is 0 Å². The highest BCUT2D eigenvalue weighted by Crippen LogP contribution is 2.46. The Morgan fingerprint density at radius 3 is 1.17 bits per heavy atom. The molecule has 0 fully saturated rings. The number of nitrogen functional groups attached to an aromatic ring is 4. The van der Waals surface area contributed by atoms with Crippen molar-refractivity contribution in [3.05, 3.63) is 84.9 Å². The van der Waals surface area contributed by atoms with Crippen molar-refractivity contribution >= 4 is 87.3 Å². The van der Waals surface area contributed by atoms with Gasteiger partial charge >= 0.3 is 0 Å². The van der Waals surface area contributed by atoms with Crippen molar-refractivity contribution in [2.45, 2.75) is 9.79 Å². The van der Waals surface area contributed by atoms with Gasteiger partial charge in [-0.2, -0.15) is 16.8 Å². The number of methoxy groups -OCH3 is 2. The molecule has 10 N–H and O–H groups in total. The van der Waals surface area contributed by atoms with E-state index in [-0.39, 0.29) is 67.8 Å². The maximum Gasteiger partial charge on any atom is 0.297 e. The van der Waals surface area contributed by atoms with Gasteiger partial charge in [0.1, 0.15) is 44.0 Å². The van der Waals surface area contributed by atoms with Crippen LogP contribution in [0.4, 0.5) is 45.5 Å². The second-order valence-electron chi connectivity index (χ2n) is 11.2. The molecule has 0 unspecified atom stereocenters. The summed E-state index contributed by atoms with van der Waals surface area (Å²) in [5.74, 6) is 0.572. The van der Waals surface area contributed by atoms with Crippen LogP contribution in [0.1, 0.15) is 0 Å². The minimum atomic E-state index is -4.75. The maximum absolute atomic E-state index is 12.2. The van der Waals surface area contributed by atoms with Crippen LogP contribution < -0.4 is 32.4 Å². The molecule has 0 atom stereocenters. The molecule has 0 aliphatic heterocycles. The Kier molecular flexibility index (Phi) is 9.15. The molecule has 6 rings (SSSR count). The lowest BCUT2D eigenvalue weighted by atomic mass is 10.0. The van der Waals surface area contributed by atoms with Gasteiger partial charge in [0.15, 0.2) is 0 Å². The third-order valence-electron chi connectivity index (χ3n) is 8.16. The van der Waals surface area contributed by atoms with E-state index in [9.17, 15) is 25.9 Å². The minimum Gasteiger partial charge on any atom is -0.494 e. The van der Waals surface area contributed by atoms with Gasteiger partial charge in [0.05, 0.1) is 37.0 Å². The van der Waals surface area contributed by atoms with Gasteiger partial charge in [-0.05, 0) is 35.4 Å². The SMILES string of the molecule is COc1cc(-c2ccc(/N=N/c3c(N)c(S(=O)(=O)O)c4ccccc4c3N)c(OC)c2)ccc1/N=N/c1c(N)c(S(=O)(=O)O)c2ccccc2c1N. The number of anilines is 4. The molecule has 6 aromatic rings. The van der Waals surface area contributed by atoms with E-state index in [1.165, 1.54) is 26.4 Å². The van der Waals surface area contributed by atoms with Crippen molar-refractivity contribution in [2.24, 2.45) is 20.5 Å². The van der Waals surface area contributed by atoms with E-state index in [4.69, 9.17) is 32.4 Å². The molecule has 6 aromatic carbocycles. The summed E-state index contributed by atoms with van der Waals surface area (Å²) >= 11 is 0. The Bertz CT molecular complexity index is 2530. The summed E-state index contributed by atoms with van der Waals surface area (Å²) < 4.78 is 79.9. The number of fused-ring (bicyclic) bond motifs is 2. The van der Waals surface area contributed by atoms with Gasteiger partial charge in [-0.25, -0.2) is 0 Å². The van der Waals surface area contributed by atoms with Crippen molar-refractivity contribution in [1.29, 1.82) is 0 Å². The van der Waals surface area contributed by atoms with Gasteiger partial charge in [-0.15, -0.1) is 20.5 Å². The minimum absolute atomic E-state index is 0.0639. The third kappa shape index (κ3) is 6.37. The molecular weight excluding hydrogens is 713 g/mol. The lowest BCUT2D eigenvalue weighted by Gasteiger charge is -2.14. The molecule has 266 valence electrons. The average molecular weight is 743 g/mol. The van der Waals surface area contributed by atoms with E-state index in [2.05, 4.69) is 20.5 Å². The molecule has 16 nitrogen and oxygen atoms in total. The lowest BCUT2D eigenvalue weighted by molar-refractivity contribution is 0.415. The largest absolute Gasteiger partial charge is 0.494 e. The first-order valence-electron chi connectivity index (χ1n) is 15.0. The van der Waals surface area contributed by atoms with Gasteiger partial charge in [0.25, 0.3) is 20.2 Å². The topological polar surface area (TPSA) is 281 Å². The fourth-order valence-corrected chi connectivity index (χ4v) is 7.40. The second-order valence-corrected chi connectivity index (χ2v) is 13.9. The molecule has 0 aromatic heterocycles. The Balaban J connectivity index is 1.35. The van der Waals surface area contributed by atoms with Gasteiger partial charge in [-0.1, -0.05) is 60.7 Å². The van der Waals surface area contributed by atoms with E-state index in [1.54, 1.807) is 72.8 Å². The number of hydrogen-bond acceptors (Lipinski definition) is 14. The molecule has 0 amide bonds. The number of benzene rings is 6. The van der Waals surface area contributed by atoms with Crippen LogP contribution in [-0.2, 0) is 20.2 Å². The number of nitrogens with zero attached hydrogens (tertiary/aromatic N) is 4. The quantitative estimate of drug-likeness (QED) is 0.0482. The summed E-state index contributed by atoms with van der Waals surface area (Å²) in [6.45, 7) is 0. The second kappa shape index (κ2) is 13.4. The van der Waals surface area contributed by atoms with Crippen molar-refractivity contribution < 1.29 is 35.4 Å². The van der Waals surface area contributed by atoms with Gasteiger partial charge in [-0.3, -0.25) is 9.11 Å². The number of ether oxygens (including phenoxy) is 2. The molecule has 0 bridgehead atoms. The van der Waals surface area contributed by atoms with Crippen LogP contribution in [0.25, 0.3) is 32.7 Å². The molecule has 52 heavy (non-hydrogen) atoms. The molecule has 0 saturated heterocycles. The zero-order valence-corrected chi connectivity index (χ0v) is 29.0. The van der Waals surface area contributed by atoms with E-state index < -0.39 is 30.0 Å². The number of rotatable bonds is 9. The van der Waals surface area contributed by atoms with Crippen LogP contribution in [0.5, 0.6) is 11.5 Å². The van der Waals surface area contributed by atoms with Crippen LogP contribution in [-0.4, -0.2) is 40.2 Å². The normalized spacial score (nSPS) is 12.3. The number of hydrogen-bond donors (Lipinski definition) is 6. The molecule has 0 aliphatic rings. The van der Waals surface area contributed by atoms with Crippen LogP contribution in [0.3, 0.4) is 0 Å². The summed E-state index contributed by atoms with van der Waals surface area (Å²) in [7, 11) is -6.65. The lowest BCUT2D eigenvalue weighted by Crippen LogP contribution is -2.06. The zero-order chi connectivity index (χ0) is 37.5. The zero-order valence-electron chi connectivity index (χ0n) is 27.3. The highest BCUT2D eigenvalue weighted by atomic mass is 32.2. The first kappa shape index (κ1) is 35.5. The fraction of sp³-hybridized carbons (Fsp3) is 0.0588. The maximum atomic E-state index is 12.2. The Hall–Kier alpha value is -6.34. The van der Waals surface area contributed by atoms with Crippen LogP contribution in [0.15, 0.2) is 115 Å². The molecule has 0 spiro atoms. The van der Waals surface area contributed by atoms with Gasteiger partial charge in [0.2, 0.25) is 0 Å². The summed E-state index contributed by atoms with van der Waals surface area (Å²) in [5.41, 5.74) is 25.8. The van der Waals surface area contributed by atoms with Crippen molar-refractivity contribution in [2.75, 3.05) is 37.2 Å². The Morgan fingerprint density at radius 1 is 0.500 bits per heavy atom. The van der Waals surface area contributed by atoms with E-state index in [1.807, 2.05) is 0 Å². The van der Waals surface area contributed by atoms with Crippen LogP contribution in [0.2, 0.25) is 0 Å². The summed E-state index contributed by atoms with van der Waals surface area (Å²) in [6, 6.07) is 22.5. The van der Waals surface area contributed by atoms with Crippen molar-refractivity contribution in [3.63, 3.8) is 0 Å². The summed E-state index contributed by atoms with van der Waals surface area (Å²) in [6.07, 6.45) is 0. The smallest absolute Gasteiger partial charge is 0.297 e. The van der Waals surface area contributed by atoms with Gasteiger partial charge < -0.3 is 32.4 Å². The summed E-state index contributed by atoms with van der Waals surface area (Å²) in [4.78, 5) is -1.06. The first-order chi connectivity index (χ1) is 24.6. The average Bonchev–Trinajstić information content (AvgIpc) is 3.10. The van der Waals surface area contributed by atoms with E-state index in [0.29, 0.717) is 21.9 Å². The molecule has 0 saturated carbocycles. The fourth-order valence-electron chi connectivity index (χ4n) is 5.74. The van der Waals surface area contributed by atoms with Gasteiger partial charge in [0, 0.05) is 21.5 Å². The highest BCUT2D eigenvalue weighted by molar-refractivity contribution is 7.86. The summed E-state index contributed by atoms with van der Waals surface area (Å²) in [5, 5.41) is 17.7. The highest BCUT2D eigenvalue weighted by Gasteiger charge is 2.25. The van der Waals surface area contributed by atoms with Crippen molar-refractivity contribution in [1.82, 2.24) is 0 Å². The standard InChI is InChI=1S/C34H30N8O8S2/c1-49-25-15-17(11-13-23(25)39-41-31-27(35)19-7-3-5-9-21(19)33(29(31)37)51(43,44)45)18-12-14-24(26(16-18)50-2)40-42-32-28(36)20-8-4-6-10-22(20)34(30(32)38)52(46,47)48/h3-16H,35-38H2,1-2H3,(H,43,44,45)(H,46,47,48)/b41-39+,42-40+. The van der Waals surface area contributed by atoms with Crippen LogP contribution in [0, 0.1) is 0 Å². The first-order valence-corrected chi connectivity index (χ1v) is 17.9. The molecular formula is C34H30N8O8S2. The molecule has 0 heterocycles. The predicted molar refractivity (Wildman–Crippen MR) is 199 cm³/mol. The number of nitrogens with two attached hydrogens (primary N) is 4. The third-order valence-corrected chi connectivity index (χ3v) is 10.1.